The summed E-state index contributed by atoms with van der Waals surface area (Å²) in [6, 6.07) is 7.44. The average Bonchev–Trinajstić information content (AvgIpc) is 3.29. The van der Waals surface area contributed by atoms with Crippen LogP contribution in [0.1, 0.15) is 61.7 Å². The van der Waals surface area contributed by atoms with Crippen molar-refractivity contribution in [3.63, 3.8) is 0 Å². The molecule has 2 saturated heterocycles. The maximum Gasteiger partial charge on any atom is 0.166 e. The Bertz CT molecular complexity index is 704. The number of nitrogens with one attached hydrogen (secondary N) is 1. The Labute approximate surface area is 167 Å². The first-order chi connectivity index (χ1) is 13.1. The van der Waals surface area contributed by atoms with Crippen molar-refractivity contribution in [1.29, 1.82) is 0 Å². The molecule has 0 amide bonds. The fourth-order valence-electron chi connectivity index (χ4n) is 6.75. The molecule has 0 spiro atoms. The number of carbonyl (C=O) groups excluding carboxylic acids is 1. The summed E-state index contributed by atoms with van der Waals surface area (Å²) >= 11 is 5.98. The van der Waals surface area contributed by atoms with Gasteiger partial charge in [0.2, 0.25) is 0 Å². The Morgan fingerprint density at radius 1 is 1.07 bits per heavy atom. The number of fused-ring (bicyclic) bond motifs is 1. The van der Waals surface area contributed by atoms with E-state index in [-0.39, 0.29) is 5.92 Å². The normalized spacial score (nSPS) is 33.6. The van der Waals surface area contributed by atoms with Crippen LogP contribution in [0.25, 0.3) is 0 Å². The van der Waals surface area contributed by atoms with E-state index in [1.54, 1.807) is 0 Å². The van der Waals surface area contributed by atoms with Gasteiger partial charge in [0.25, 0.3) is 0 Å². The third kappa shape index (κ3) is 2.89. The summed E-state index contributed by atoms with van der Waals surface area (Å²) in [6.07, 6.45) is 10.4. The van der Waals surface area contributed by atoms with Crippen LogP contribution >= 0.6 is 11.6 Å². The van der Waals surface area contributed by atoms with E-state index < -0.39 is 0 Å². The minimum absolute atomic E-state index is 0.178. The van der Waals surface area contributed by atoms with Gasteiger partial charge in [-0.15, -0.1) is 0 Å². The zero-order chi connectivity index (χ0) is 18.5. The molecule has 4 heteroatoms. The van der Waals surface area contributed by atoms with E-state index in [1.807, 2.05) is 24.3 Å². The Morgan fingerprint density at radius 3 is 2.37 bits per heavy atom. The van der Waals surface area contributed by atoms with Crippen molar-refractivity contribution < 1.29 is 4.79 Å². The maximum atomic E-state index is 12.9. The Hall–Kier alpha value is -0.900. The molecule has 0 bridgehead atoms. The molecule has 4 fully saturated rings. The van der Waals surface area contributed by atoms with Crippen LogP contribution in [-0.4, -0.2) is 42.4 Å². The van der Waals surface area contributed by atoms with E-state index in [0.717, 1.165) is 37.4 Å². The number of Topliss-reactive ketones (excluding diaryl/α,β-unsaturated/α-hetero) is 1. The molecule has 2 saturated carbocycles. The maximum absolute atomic E-state index is 12.9. The van der Waals surface area contributed by atoms with Crippen molar-refractivity contribution in [2.24, 2.45) is 17.3 Å². The topological polar surface area (TPSA) is 32.3 Å². The molecule has 4 aliphatic rings. The van der Waals surface area contributed by atoms with E-state index in [9.17, 15) is 4.79 Å². The predicted molar refractivity (Wildman–Crippen MR) is 109 cm³/mol. The summed E-state index contributed by atoms with van der Waals surface area (Å²) in [5, 5.41) is 4.38. The predicted octanol–water partition coefficient (Wildman–Crippen LogP) is 4.55. The van der Waals surface area contributed by atoms with Crippen LogP contribution in [0, 0.1) is 17.3 Å². The average molecular weight is 387 g/mol. The standard InChI is InChI=1S/C23H31ClN2O/c24-20-6-4-17(5-7-20)21(27)18-8-12-26(13-9-18)23(10-2-1-3-11-23)22-14-19(22)15-25-16-22/h4-7,18-19,25H,1-3,8-16H2. The van der Waals surface area contributed by atoms with Gasteiger partial charge in [0.15, 0.2) is 5.78 Å². The van der Waals surface area contributed by atoms with Crippen molar-refractivity contribution in [3.8, 4) is 0 Å². The van der Waals surface area contributed by atoms with Crippen molar-refractivity contribution in [2.45, 2.75) is 56.9 Å². The Morgan fingerprint density at radius 2 is 1.78 bits per heavy atom. The monoisotopic (exact) mass is 386 g/mol. The molecule has 1 aromatic rings. The third-order valence-electron chi connectivity index (χ3n) is 8.27. The second kappa shape index (κ2) is 6.86. The molecule has 27 heavy (non-hydrogen) atoms. The van der Waals surface area contributed by atoms with E-state index >= 15 is 0 Å². The number of nitrogens with zero attached hydrogens (tertiary/aromatic N) is 1. The number of ketones is 1. The van der Waals surface area contributed by atoms with Crippen molar-refractivity contribution >= 4 is 17.4 Å². The molecule has 2 aliphatic carbocycles. The molecule has 146 valence electrons. The van der Waals surface area contributed by atoms with Crippen molar-refractivity contribution in [1.82, 2.24) is 10.2 Å². The van der Waals surface area contributed by atoms with E-state index in [2.05, 4.69) is 10.2 Å². The molecule has 2 unspecified atom stereocenters. The van der Waals surface area contributed by atoms with Gasteiger partial charge in [-0.2, -0.15) is 0 Å². The van der Waals surface area contributed by atoms with Crippen molar-refractivity contribution in [2.75, 3.05) is 26.2 Å². The summed E-state index contributed by atoms with van der Waals surface area (Å²) in [7, 11) is 0. The number of hydrogen-bond donors (Lipinski definition) is 1. The first-order valence-corrected chi connectivity index (χ1v) is 11.3. The highest BCUT2D eigenvalue weighted by Gasteiger charge is 2.69. The van der Waals surface area contributed by atoms with Crippen LogP contribution in [0.3, 0.4) is 0 Å². The molecule has 0 radical (unpaired) electrons. The van der Waals surface area contributed by atoms with Crippen LogP contribution in [0.5, 0.6) is 0 Å². The van der Waals surface area contributed by atoms with Gasteiger partial charge < -0.3 is 5.32 Å². The largest absolute Gasteiger partial charge is 0.316 e. The first-order valence-electron chi connectivity index (χ1n) is 10.9. The van der Waals surface area contributed by atoms with Gasteiger partial charge in [-0.3, -0.25) is 9.69 Å². The van der Waals surface area contributed by atoms with Crippen LogP contribution in [-0.2, 0) is 0 Å². The zero-order valence-electron chi connectivity index (χ0n) is 16.2. The fraction of sp³-hybridized carbons (Fsp3) is 0.696. The van der Waals surface area contributed by atoms with Gasteiger partial charge in [0, 0.05) is 34.0 Å². The van der Waals surface area contributed by atoms with Crippen molar-refractivity contribution in [3.05, 3.63) is 34.9 Å². The smallest absolute Gasteiger partial charge is 0.166 e. The number of benzene rings is 1. The SMILES string of the molecule is O=C(c1ccc(Cl)cc1)C1CCN(C2(C34CNCC3C4)CCCCC2)CC1. The highest BCUT2D eigenvalue weighted by atomic mass is 35.5. The quantitative estimate of drug-likeness (QED) is 0.770. The summed E-state index contributed by atoms with van der Waals surface area (Å²) in [4.78, 5) is 15.8. The van der Waals surface area contributed by atoms with Gasteiger partial charge in [-0.1, -0.05) is 30.9 Å². The molecular formula is C23H31ClN2O. The van der Waals surface area contributed by atoms with Gasteiger partial charge >= 0.3 is 0 Å². The molecular weight excluding hydrogens is 356 g/mol. The lowest BCUT2D eigenvalue weighted by molar-refractivity contribution is -0.0313. The molecule has 2 aliphatic heterocycles. The fourth-order valence-corrected chi connectivity index (χ4v) is 6.88. The zero-order valence-corrected chi connectivity index (χ0v) is 16.9. The summed E-state index contributed by atoms with van der Waals surface area (Å²) in [5.41, 5.74) is 1.78. The molecule has 0 aromatic heterocycles. The van der Waals surface area contributed by atoms with Gasteiger partial charge in [0.1, 0.15) is 0 Å². The lowest BCUT2D eigenvalue weighted by atomic mass is 9.67. The summed E-state index contributed by atoms with van der Waals surface area (Å²) < 4.78 is 0. The minimum atomic E-state index is 0.178. The van der Waals surface area contributed by atoms with Crippen LogP contribution < -0.4 is 5.32 Å². The number of hydrogen-bond acceptors (Lipinski definition) is 3. The second-order valence-electron chi connectivity index (χ2n) is 9.41. The lowest BCUT2D eigenvalue weighted by Crippen LogP contribution is -2.60. The molecule has 2 heterocycles. The molecule has 1 N–H and O–H groups in total. The number of halogens is 1. The van der Waals surface area contributed by atoms with E-state index in [1.165, 1.54) is 51.6 Å². The highest BCUT2D eigenvalue weighted by molar-refractivity contribution is 6.30. The molecule has 3 nitrogen and oxygen atoms in total. The van der Waals surface area contributed by atoms with Gasteiger partial charge in [0.05, 0.1) is 0 Å². The summed E-state index contributed by atoms with van der Waals surface area (Å²) in [6.45, 7) is 4.64. The highest BCUT2D eigenvalue weighted by Crippen LogP contribution is 2.67. The minimum Gasteiger partial charge on any atom is -0.316 e. The number of carbonyl (C=O) groups is 1. The van der Waals surface area contributed by atoms with Crippen LogP contribution in [0.2, 0.25) is 5.02 Å². The van der Waals surface area contributed by atoms with Crippen LogP contribution in [0.4, 0.5) is 0 Å². The number of rotatable bonds is 4. The third-order valence-corrected chi connectivity index (χ3v) is 8.52. The van der Waals surface area contributed by atoms with E-state index in [0.29, 0.717) is 21.8 Å². The van der Waals surface area contributed by atoms with E-state index in [4.69, 9.17) is 11.6 Å². The van der Waals surface area contributed by atoms with Gasteiger partial charge in [-0.05, 0) is 81.9 Å². The second-order valence-corrected chi connectivity index (χ2v) is 9.85. The molecule has 1 aromatic carbocycles. The number of likely N-dealkylation sites (tertiary alicyclic amines) is 1. The molecule has 5 rings (SSSR count). The summed E-state index contributed by atoms with van der Waals surface area (Å²) in [5.74, 6) is 1.40. The first kappa shape index (κ1) is 18.1. The van der Waals surface area contributed by atoms with Crippen LogP contribution in [0.15, 0.2) is 24.3 Å². The van der Waals surface area contributed by atoms with Gasteiger partial charge in [-0.25, -0.2) is 0 Å². The Balaban J connectivity index is 1.30. The Kier molecular flexibility index (Phi) is 4.61. The molecule has 2 atom stereocenters. The lowest BCUT2D eigenvalue weighted by Gasteiger charge is -2.54. The number of piperidine rings is 2.